The van der Waals surface area contributed by atoms with Crippen molar-refractivity contribution in [2.24, 2.45) is 51.2 Å². The number of fused-ring (bicyclic) bond motifs is 5. The molecule has 0 spiro atoms. The van der Waals surface area contributed by atoms with E-state index in [-0.39, 0.29) is 51.9 Å². The molecule has 7 rings (SSSR count). The Balaban J connectivity index is 1.06. The number of nitriles is 1. The summed E-state index contributed by atoms with van der Waals surface area (Å²) >= 11 is 0. The van der Waals surface area contributed by atoms with Crippen LogP contribution in [0.4, 0.5) is 0 Å². The van der Waals surface area contributed by atoms with E-state index >= 15 is 0 Å². The number of nitrogens with one attached hydrogen (secondary N) is 1. The Kier molecular flexibility index (Phi) is 17.8. The van der Waals surface area contributed by atoms with Crippen LogP contribution in [0.25, 0.3) is 0 Å². The third-order valence-corrected chi connectivity index (χ3v) is 22.3. The standard InChI is InChI=1S/C60H91N3O8S/c1-10-12-14-18-51(64)70-41-71-54(65)58(40-69-53-44(39-61)16-15-36-62-53)28-21-43(22-29-58)49(17-13-11-2)55(5,6)45-23-27-56(7)46(38-45)19-20-50-52-48(42(3)4)26-32-60(52,34-33-57(50,56)8)63-37-35-59(66)30-24-47(25-31-59)72(9,67)68/h15-17,21,36,45-48,50,52,63,66H,3,10-14,18-20,22-35,37-38,40-41H2,1-2,4-9H3/b49-17-/t45-,46-,47?,48+,50-,52-,56-,57-,58-,59?,60+/m1/s1. The van der Waals surface area contributed by atoms with Crippen LogP contribution in [-0.4, -0.2) is 73.0 Å². The Bertz CT molecular complexity index is 2330. The zero-order chi connectivity index (χ0) is 52.2. The number of ether oxygens (including phenoxy) is 3. The van der Waals surface area contributed by atoms with Gasteiger partial charge in [0.2, 0.25) is 12.7 Å². The Morgan fingerprint density at radius 2 is 1.75 bits per heavy atom. The van der Waals surface area contributed by atoms with Crippen LogP contribution in [0, 0.1) is 62.6 Å². The summed E-state index contributed by atoms with van der Waals surface area (Å²) in [4.78, 5) is 30.9. The summed E-state index contributed by atoms with van der Waals surface area (Å²) in [6, 6.07) is 5.49. The second-order valence-electron chi connectivity index (χ2n) is 24.9. The lowest BCUT2D eigenvalue weighted by molar-refractivity contribution is -0.177. The zero-order valence-electron chi connectivity index (χ0n) is 45.6. The number of carbonyl (C=O) groups excluding carboxylic acids is 2. The molecule has 0 unspecified atom stereocenters. The molecule has 0 saturated heterocycles. The Morgan fingerprint density at radius 1 is 0.986 bits per heavy atom. The van der Waals surface area contributed by atoms with E-state index < -0.39 is 33.6 Å². The maximum absolute atomic E-state index is 14.1. The van der Waals surface area contributed by atoms with Gasteiger partial charge in [0.05, 0.1) is 10.9 Å². The Morgan fingerprint density at radius 3 is 2.42 bits per heavy atom. The lowest BCUT2D eigenvalue weighted by atomic mass is 9.38. The SMILES string of the molecule is C=C(C)[C@@H]1CC[C@]2(NCCC3(O)CCC(S(C)(=O)=O)CC3)CC[C@]3(C)[C@H](CC[C@@H]4C[C@H](C(C)(C)/C(=C\CCC)C5=CC[C@@](COc6ncccc6C#N)(C(=O)OCOC(=O)CCCCC)CC5)CC[C@]43C)[C@@H]12. The van der Waals surface area contributed by atoms with Gasteiger partial charge in [-0.15, -0.1) is 0 Å². The number of aromatic nitrogens is 1. The van der Waals surface area contributed by atoms with E-state index in [1.54, 1.807) is 18.3 Å². The molecule has 0 bridgehead atoms. The largest absolute Gasteiger partial charge is 0.475 e. The van der Waals surface area contributed by atoms with Crippen LogP contribution in [-0.2, 0) is 28.9 Å². The molecule has 0 aromatic carbocycles. The maximum Gasteiger partial charge on any atom is 0.318 e. The molecular weight excluding hydrogens is 923 g/mol. The first-order valence-electron chi connectivity index (χ1n) is 28.1. The number of rotatable bonds is 21. The van der Waals surface area contributed by atoms with Crippen LogP contribution < -0.4 is 10.1 Å². The average molecular weight is 1010 g/mol. The average Bonchev–Trinajstić information content (AvgIpc) is 3.73. The van der Waals surface area contributed by atoms with Crippen LogP contribution in [0.3, 0.4) is 0 Å². The second-order valence-corrected chi connectivity index (χ2v) is 27.2. The highest BCUT2D eigenvalue weighted by atomic mass is 32.2. The molecule has 6 aliphatic carbocycles. The number of hydrogen-bond donors (Lipinski definition) is 2. The first-order chi connectivity index (χ1) is 34.1. The Labute approximate surface area is 434 Å². The second kappa shape index (κ2) is 22.7. The number of hydrogen-bond acceptors (Lipinski definition) is 11. The minimum absolute atomic E-state index is 0.0182. The van der Waals surface area contributed by atoms with E-state index in [1.165, 1.54) is 61.5 Å². The molecule has 5 fully saturated rings. The van der Waals surface area contributed by atoms with Gasteiger partial charge in [0, 0.05) is 24.4 Å². The van der Waals surface area contributed by atoms with Crippen molar-refractivity contribution >= 4 is 21.8 Å². The van der Waals surface area contributed by atoms with E-state index in [2.05, 4.69) is 83.6 Å². The summed E-state index contributed by atoms with van der Waals surface area (Å²) in [5.41, 5.74) is 2.77. The lowest BCUT2D eigenvalue weighted by Gasteiger charge is -2.68. The van der Waals surface area contributed by atoms with Crippen LogP contribution in [0.5, 0.6) is 5.88 Å². The van der Waals surface area contributed by atoms with Crippen LogP contribution >= 0.6 is 0 Å². The number of unbranched alkanes of at least 4 members (excludes halogenated alkanes) is 3. The highest BCUT2D eigenvalue weighted by molar-refractivity contribution is 7.91. The first kappa shape index (κ1) is 56.2. The molecule has 12 heteroatoms. The highest BCUT2D eigenvalue weighted by Crippen LogP contribution is 2.72. The van der Waals surface area contributed by atoms with Crippen molar-refractivity contribution in [1.82, 2.24) is 10.3 Å². The van der Waals surface area contributed by atoms with Crippen LogP contribution in [0.1, 0.15) is 202 Å². The van der Waals surface area contributed by atoms with Gasteiger partial charge in [-0.1, -0.05) is 85.1 Å². The number of sulfone groups is 1. The molecule has 72 heavy (non-hydrogen) atoms. The predicted molar refractivity (Wildman–Crippen MR) is 284 cm³/mol. The van der Waals surface area contributed by atoms with Crippen molar-refractivity contribution in [2.75, 3.05) is 26.2 Å². The van der Waals surface area contributed by atoms with Gasteiger partial charge in [0.25, 0.3) is 0 Å². The maximum atomic E-state index is 14.1. The zero-order valence-corrected chi connectivity index (χ0v) is 46.4. The summed E-state index contributed by atoms with van der Waals surface area (Å²) in [5.74, 6) is 2.03. The molecule has 1 aromatic rings. The van der Waals surface area contributed by atoms with Crippen molar-refractivity contribution < 1.29 is 37.3 Å². The molecule has 0 amide bonds. The molecule has 0 radical (unpaired) electrons. The molecule has 9 atom stereocenters. The van der Waals surface area contributed by atoms with E-state index in [0.717, 1.165) is 57.9 Å². The van der Waals surface area contributed by atoms with E-state index in [0.29, 0.717) is 86.5 Å². The molecule has 0 aliphatic heterocycles. The lowest BCUT2D eigenvalue weighted by Crippen LogP contribution is -2.65. The molecule has 5 saturated carbocycles. The number of esters is 2. The quantitative estimate of drug-likeness (QED) is 0.0521. The molecule has 1 aromatic heterocycles. The monoisotopic (exact) mass is 1010 g/mol. The van der Waals surface area contributed by atoms with E-state index in [9.17, 15) is 28.4 Å². The van der Waals surface area contributed by atoms with Gasteiger partial charge in [-0.2, -0.15) is 5.26 Å². The third kappa shape index (κ3) is 11.5. The van der Waals surface area contributed by atoms with Gasteiger partial charge in [0.15, 0.2) is 0 Å². The number of pyridine rings is 1. The topological polar surface area (TPSA) is 165 Å². The fraction of sp³-hybridized carbons (Fsp3) is 0.767. The minimum Gasteiger partial charge on any atom is -0.475 e. The predicted octanol–water partition coefficient (Wildman–Crippen LogP) is 12.5. The molecule has 1 heterocycles. The Hall–Kier alpha value is -3.53. The molecule has 11 nitrogen and oxygen atoms in total. The first-order valence-corrected chi connectivity index (χ1v) is 30.1. The summed E-state index contributed by atoms with van der Waals surface area (Å²) < 4.78 is 41.8. The number of nitrogens with zero attached hydrogens (tertiary/aromatic N) is 2. The highest BCUT2D eigenvalue weighted by Gasteiger charge is 2.67. The minimum atomic E-state index is -3.09. The van der Waals surface area contributed by atoms with Gasteiger partial charge in [-0.3, -0.25) is 9.59 Å². The molecular formula is C60H91N3O8S. The van der Waals surface area contributed by atoms with Crippen molar-refractivity contribution in [3.05, 3.63) is 59.3 Å². The van der Waals surface area contributed by atoms with Crippen molar-refractivity contribution in [3.8, 4) is 11.9 Å². The van der Waals surface area contributed by atoms with Gasteiger partial charge < -0.3 is 24.6 Å². The van der Waals surface area contributed by atoms with Crippen molar-refractivity contribution in [2.45, 2.75) is 213 Å². The summed E-state index contributed by atoms with van der Waals surface area (Å²) in [6.45, 7) is 21.7. The van der Waals surface area contributed by atoms with E-state index in [1.807, 2.05) is 0 Å². The van der Waals surface area contributed by atoms with Crippen molar-refractivity contribution in [3.63, 3.8) is 0 Å². The van der Waals surface area contributed by atoms with Gasteiger partial charge in [-0.05, 0) is 205 Å². The third-order valence-electron chi connectivity index (χ3n) is 20.6. The summed E-state index contributed by atoms with van der Waals surface area (Å²) in [7, 11) is -3.09. The summed E-state index contributed by atoms with van der Waals surface area (Å²) in [5, 5.41) is 25.3. The van der Waals surface area contributed by atoms with Gasteiger partial charge in [-0.25, -0.2) is 13.4 Å². The van der Waals surface area contributed by atoms with E-state index in [4.69, 9.17) is 14.2 Å². The number of allylic oxidation sites excluding steroid dienone is 5. The normalized spacial score (nSPS) is 34.9. The molecule has 2 N–H and O–H groups in total. The van der Waals surface area contributed by atoms with Gasteiger partial charge >= 0.3 is 11.9 Å². The van der Waals surface area contributed by atoms with Crippen LogP contribution in [0.15, 0.2) is 53.8 Å². The van der Waals surface area contributed by atoms with Crippen molar-refractivity contribution in [1.29, 1.82) is 5.26 Å². The number of aliphatic hydroxyl groups is 1. The number of carbonyl (C=O) groups is 2. The summed E-state index contributed by atoms with van der Waals surface area (Å²) in [6.07, 6.45) is 27.7. The molecule has 6 aliphatic rings. The molecule has 400 valence electrons. The fourth-order valence-corrected chi connectivity index (χ4v) is 16.8. The van der Waals surface area contributed by atoms with Gasteiger partial charge in [0.1, 0.15) is 33.5 Å². The van der Waals surface area contributed by atoms with Crippen LogP contribution in [0.2, 0.25) is 0 Å². The fourth-order valence-electron chi connectivity index (χ4n) is 15.7. The smallest absolute Gasteiger partial charge is 0.318 e.